The van der Waals surface area contributed by atoms with Crippen LogP contribution in [-0.4, -0.2) is 34.8 Å². The molecule has 0 atom stereocenters. The van der Waals surface area contributed by atoms with E-state index in [1.807, 2.05) is 37.3 Å². The molecule has 1 N–H and O–H groups in total. The van der Waals surface area contributed by atoms with Crippen LogP contribution in [-0.2, 0) is 11.2 Å². The van der Waals surface area contributed by atoms with Crippen LogP contribution in [0.1, 0.15) is 11.1 Å². The number of aromatic nitrogens is 2. The van der Waals surface area contributed by atoms with Gasteiger partial charge in [-0.2, -0.15) is 5.10 Å². The van der Waals surface area contributed by atoms with Crippen molar-refractivity contribution in [2.75, 3.05) is 19.5 Å². The first kappa shape index (κ1) is 23.5. The van der Waals surface area contributed by atoms with E-state index in [0.717, 1.165) is 11.3 Å². The lowest BCUT2D eigenvalue weighted by atomic mass is 10.1. The second kappa shape index (κ2) is 10.1. The van der Waals surface area contributed by atoms with Crippen molar-refractivity contribution in [3.05, 3.63) is 94.2 Å². The highest BCUT2D eigenvalue weighted by molar-refractivity contribution is 5.94. The molecule has 9 heteroatoms. The van der Waals surface area contributed by atoms with Crippen molar-refractivity contribution in [1.29, 1.82) is 0 Å². The van der Waals surface area contributed by atoms with Crippen molar-refractivity contribution >= 4 is 17.3 Å². The van der Waals surface area contributed by atoms with Crippen LogP contribution in [0.15, 0.2) is 72.9 Å². The Bertz CT molecular complexity index is 1360. The van der Waals surface area contributed by atoms with E-state index in [9.17, 15) is 14.9 Å². The molecule has 4 rings (SSSR count). The molecule has 0 saturated carbocycles. The number of methoxy groups -OCH3 is 2. The maximum absolute atomic E-state index is 13.1. The van der Waals surface area contributed by atoms with E-state index >= 15 is 0 Å². The second-order valence-electron chi connectivity index (χ2n) is 7.83. The number of nitrogens with zero attached hydrogens (tertiary/aromatic N) is 3. The summed E-state index contributed by atoms with van der Waals surface area (Å²) in [6.07, 6.45) is 1.85. The highest BCUT2D eigenvalue weighted by Crippen LogP contribution is 2.33. The zero-order valence-corrected chi connectivity index (χ0v) is 19.5. The summed E-state index contributed by atoms with van der Waals surface area (Å²) in [4.78, 5) is 23.7. The number of benzene rings is 3. The zero-order chi connectivity index (χ0) is 24.9. The molecule has 0 spiro atoms. The number of nitro groups is 1. The molecule has 0 fully saturated rings. The fourth-order valence-electron chi connectivity index (χ4n) is 3.72. The van der Waals surface area contributed by atoms with Crippen molar-refractivity contribution < 1.29 is 19.2 Å². The molecule has 178 valence electrons. The number of anilines is 1. The lowest BCUT2D eigenvalue weighted by molar-refractivity contribution is -0.384. The third-order valence-electron chi connectivity index (χ3n) is 5.52. The second-order valence-corrected chi connectivity index (χ2v) is 7.83. The highest BCUT2D eigenvalue weighted by atomic mass is 16.6. The SMILES string of the molecule is COc1cc(C)c(NC(=O)Cc2cn(-c3ccccc3)nc2-c2ccc([N+](=O)[O-])cc2)cc1OC. The summed E-state index contributed by atoms with van der Waals surface area (Å²) in [7, 11) is 3.09. The predicted molar refractivity (Wildman–Crippen MR) is 132 cm³/mol. The number of rotatable bonds is 8. The van der Waals surface area contributed by atoms with Crippen LogP contribution >= 0.6 is 0 Å². The predicted octanol–water partition coefficient (Wildman–Crippen LogP) is 4.95. The minimum Gasteiger partial charge on any atom is -0.493 e. The van der Waals surface area contributed by atoms with E-state index in [0.29, 0.717) is 34.0 Å². The molecule has 4 aromatic rings. The normalized spacial score (nSPS) is 10.6. The van der Waals surface area contributed by atoms with Gasteiger partial charge in [0.1, 0.15) is 0 Å². The van der Waals surface area contributed by atoms with Crippen molar-refractivity contribution in [2.45, 2.75) is 13.3 Å². The summed E-state index contributed by atoms with van der Waals surface area (Å²) in [6, 6.07) is 19.1. The molecule has 3 aromatic carbocycles. The molecule has 35 heavy (non-hydrogen) atoms. The number of nitro benzene ring substituents is 1. The van der Waals surface area contributed by atoms with Gasteiger partial charge in [-0.3, -0.25) is 14.9 Å². The smallest absolute Gasteiger partial charge is 0.269 e. The average Bonchev–Trinajstić information content (AvgIpc) is 3.29. The molecule has 9 nitrogen and oxygen atoms in total. The number of aryl methyl sites for hydroxylation is 1. The van der Waals surface area contributed by atoms with Gasteiger partial charge in [0.05, 0.1) is 36.9 Å². The van der Waals surface area contributed by atoms with Gasteiger partial charge in [0.15, 0.2) is 11.5 Å². The van der Waals surface area contributed by atoms with Crippen LogP contribution in [0.4, 0.5) is 11.4 Å². The van der Waals surface area contributed by atoms with Crippen LogP contribution in [0.3, 0.4) is 0 Å². The Morgan fingerprint density at radius 2 is 1.69 bits per heavy atom. The van der Waals surface area contributed by atoms with Gasteiger partial charge in [-0.25, -0.2) is 4.68 Å². The van der Waals surface area contributed by atoms with Crippen molar-refractivity contribution in [1.82, 2.24) is 9.78 Å². The lowest BCUT2D eigenvalue weighted by Gasteiger charge is -2.13. The molecular formula is C26H24N4O5. The van der Waals surface area contributed by atoms with E-state index in [-0.39, 0.29) is 18.0 Å². The van der Waals surface area contributed by atoms with Gasteiger partial charge in [0.25, 0.3) is 5.69 Å². The number of non-ortho nitro benzene ring substituents is 1. The first-order valence-electron chi connectivity index (χ1n) is 10.8. The summed E-state index contributed by atoms with van der Waals surface area (Å²) in [5.41, 5.74) is 4.18. The maximum Gasteiger partial charge on any atom is 0.269 e. The Balaban J connectivity index is 1.66. The van der Waals surface area contributed by atoms with Gasteiger partial charge in [0.2, 0.25) is 5.91 Å². The lowest BCUT2D eigenvalue weighted by Crippen LogP contribution is -2.15. The van der Waals surface area contributed by atoms with Gasteiger partial charge >= 0.3 is 0 Å². The Kier molecular flexibility index (Phi) is 6.77. The van der Waals surface area contributed by atoms with Gasteiger partial charge in [-0.15, -0.1) is 0 Å². The number of ether oxygens (including phenoxy) is 2. The van der Waals surface area contributed by atoms with E-state index in [2.05, 4.69) is 10.4 Å². The van der Waals surface area contributed by atoms with Crippen LogP contribution in [0.5, 0.6) is 11.5 Å². The maximum atomic E-state index is 13.1. The molecule has 0 aliphatic carbocycles. The Morgan fingerprint density at radius 1 is 1.03 bits per heavy atom. The molecule has 1 aromatic heterocycles. The summed E-state index contributed by atoms with van der Waals surface area (Å²) in [6.45, 7) is 1.87. The minimum absolute atomic E-state index is 0.0144. The third-order valence-corrected chi connectivity index (χ3v) is 5.52. The van der Waals surface area contributed by atoms with E-state index < -0.39 is 4.92 Å². The van der Waals surface area contributed by atoms with Crippen LogP contribution in [0, 0.1) is 17.0 Å². The molecular weight excluding hydrogens is 448 g/mol. The van der Waals surface area contributed by atoms with Crippen LogP contribution < -0.4 is 14.8 Å². The zero-order valence-electron chi connectivity index (χ0n) is 19.5. The van der Waals surface area contributed by atoms with Gasteiger partial charge in [-0.05, 0) is 42.8 Å². The Hall–Kier alpha value is -4.66. The number of carbonyl (C=O) groups excluding carboxylic acids is 1. The van der Waals surface area contributed by atoms with E-state index in [1.165, 1.54) is 19.2 Å². The Morgan fingerprint density at radius 3 is 2.31 bits per heavy atom. The minimum atomic E-state index is -0.452. The molecule has 0 bridgehead atoms. The van der Waals surface area contributed by atoms with Crippen LogP contribution in [0.2, 0.25) is 0 Å². The quantitative estimate of drug-likeness (QED) is 0.287. The van der Waals surface area contributed by atoms with Crippen molar-refractivity contribution in [2.24, 2.45) is 0 Å². The molecule has 0 aliphatic heterocycles. The third kappa shape index (κ3) is 5.14. The van der Waals surface area contributed by atoms with Crippen molar-refractivity contribution in [3.63, 3.8) is 0 Å². The molecule has 0 saturated heterocycles. The van der Waals surface area contributed by atoms with E-state index in [1.54, 1.807) is 42.3 Å². The first-order chi connectivity index (χ1) is 16.9. The molecule has 0 unspecified atom stereocenters. The summed E-state index contributed by atoms with van der Waals surface area (Å²) in [5, 5.41) is 18.7. The fraction of sp³-hybridized carbons (Fsp3) is 0.154. The first-order valence-corrected chi connectivity index (χ1v) is 10.8. The number of para-hydroxylation sites is 1. The Labute approximate surface area is 202 Å². The van der Waals surface area contributed by atoms with Gasteiger partial charge in [0, 0.05) is 41.2 Å². The molecule has 1 amide bonds. The number of nitrogens with one attached hydrogen (secondary N) is 1. The van der Waals surface area contributed by atoms with Gasteiger partial charge in [-0.1, -0.05) is 18.2 Å². The number of carbonyl (C=O) groups is 1. The number of hydrogen-bond acceptors (Lipinski definition) is 6. The summed E-state index contributed by atoms with van der Waals surface area (Å²) >= 11 is 0. The monoisotopic (exact) mass is 472 g/mol. The number of hydrogen-bond donors (Lipinski definition) is 1. The van der Waals surface area contributed by atoms with Gasteiger partial charge < -0.3 is 14.8 Å². The topological polar surface area (TPSA) is 109 Å². The van der Waals surface area contributed by atoms with E-state index in [4.69, 9.17) is 9.47 Å². The molecule has 1 heterocycles. The fourth-order valence-corrected chi connectivity index (χ4v) is 3.72. The molecule has 0 aliphatic rings. The standard InChI is InChI=1S/C26H24N4O5/c1-17-13-23(34-2)24(35-3)15-22(17)27-25(31)14-19-16-29(20-7-5-4-6-8-20)28-26(19)18-9-11-21(12-10-18)30(32)33/h4-13,15-16H,14H2,1-3H3,(H,27,31). The summed E-state index contributed by atoms with van der Waals surface area (Å²) < 4.78 is 12.4. The van der Waals surface area contributed by atoms with Crippen LogP contribution in [0.25, 0.3) is 16.9 Å². The van der Waals surface area contributed by atoms with Crippen molar-refractivity contribution in [3.8, 4) is 28.4 Å². The molecule has 0 radical (unpaired) electrons. The number of amides is 1. The average molecular weight is 473 g/mol. The summed E-state index contributed by atoms with van der Waals surface area (Å²) in [5.74, 6) is 0.848. The largest absolute Gasteiger partial charge is 0.493 e. The highest BCUT2D eigenvalue weighted by Gasteiger charge is 2.18.